The van der Waals surface area contributed by atoms with Gasteiger partial charge < -0.3 is 0 Å². The molecule has 0 fully saturated rings. The molecule has 6 aromatic carbocycles. The Balaban J connectivity index is 1.32. The molecule has 0 spiro atoms. The van der Waals surface area contributed by atoms with Gasteiger partial charge in [0.25, 0.3) is 0 Å². The van der Waals surface area contributed by atoms with Crippen LogP contribution in [0, 0.1) is 0 Å². The summed E-state index contributed by atoms with van der Waals surface area (Å²) in [5.41, 5.74) is 15.6. The Morgan fingerprint density at radius 1 is 0.381 bits per heavy atom. The summed E-state index contributed by atoms with van der Waals surface area (Å²) in [5.74, 6) is 0. The third-order valence-electron chi connectivity index (χ3n) is 7.46. The topological polar surface area (TPSA) is 27.6 Å². The van der Waals surface area contributed by atoms with Gasteiger partial charge in [0.05, 0.1) is 17.1 Å². The second kappa shape index (κ2) is 11.4. The summed E-state index contributed by atoms with van der Waals surface area (Å²) in [7, 11) is 0. The summed E-state index contributed by atoms with van der Waals surface area (Å²) in [6.07, 6.45) is 2.14. The Kier molecular flexibility index (Phi) is 6.89. The Hall–Kier alpha value is -5.67. The van der Waals surface area contributed by atoms with Crippen molar-refractivity contribution in [2.45, 2.75) is 0 Å². The van der Waals surface area contributed by atoms with E-state index in [1.807, 2.05) is 23.3 Å². The van der Waals surface area contributed by atoms with Gasteiger partial charge in [0, 0.05) is 11.1 Å². The average molecular weight is 540 g/mol. The molecule has 6 aromatic rings. The van der Waals surface area contributed by atoms with Crippen molar-refractivity contribution in [2.24, 2.45) is 5.10 Å². The minimum absolute atomic E-state index is 0.886. The monoisotopic (exact) mass is 539 g/mol. The van der Waals surface area contributed by atoms with Gasteiger partial charge in [-0.25, -0.2) is 0 Å². The van der Waals surface area contributed by atoms with Crippen LogP contribution in [0.4, 0.5) is 5.69 Å². The molecule has 0 atom stereocenters. The highest BCUT2D eigenvalue weighted by atomic mass is 15.7. The van der Waals surface area contributed by atoms with E-state index in [2.05, 4.69) is 157 Å². The van der Waals surface area contributed by atoms with Gasteiger partial charge in [0.2, 0.25) is 0 Å². The highest BCUT2D eigenvalue weighted by Crippen LogP contribution is 2.30. The van der Waals surface area contributed by atoms with Gasteiger partial charge in [-0.2, -0.15) is 10.2 Å². The number of rotatable bonds is 6. The van der Waals surface area contributed by atoms with Crippen molar-refractivity contribution >= 4 is 17.1 Å². The maximum Gasteiger partial charge on any atom is 0.0950 e. The van der Waals surface area contributed by atoms with E-state index in [1.54, 1.807) is 0 Å². The Morgan fingerprint density at radius 3 is 1.38 bits per heavy atom. The molecule has 200 valence electrons. The van der Waals surface area contributed by atoms with Gasteiger partial charge in [-0.15, -0.1) is 0 Å². The quantitative estimate of drug-likeness (QED) is 0.228. The fraction of sp³-hybridized carbons (Fsp3) is 0. The summed E-state index contributed by atoms with van der Waals surface area (Å²) in [4.78, 5) is 0. The van der Waals surface area contributed by atoms with E-state index < -0.39 is 0 Å². The number of nitrogens with one attached hydrogen (secondary N) is 1. The molecule has 42 heavy (non-hydrogen) atoms. The van der Waals surface area contributed by atoms with Crippen LogP contribution >= 0.6 is 0 Å². The van der Waals surface area contributed by atoms with Crippen LogP contribution in [0.3, 0.4) is 0 Å². The average Bonchev–Trinajstić information content (AvgIpc) is 3.09. The van der Waals surface area contributed by atoms with Crippen molar-refractivity contribution < 1.29 is 0 Å². The first-order chi connectivity index (χ1) is 20.8. The summed E-state index contributed by atoms with van der Waals surface area (Å²) in [6, 6.07) is 57.1. The molecule has 7 rings (SSSR count). The number of nitrogens with zero attached hydrogens (tertiary/aromatic N) is 2. The molecule has 1 aliphatic rings. The molecule has 1 heterocycles. The number of hydrazone groups is 1. The Morgan fingerprint density at radius 2 is 0.810 bits per heavy atom. The molecule has 0 unspecified atom stereocenters. The molecule has 0 aliphatic carbocycles. The van der Waals surface area contributed by atoms with Crippen molar-refractivity contribution in [1.82, 2.24) is 5.43 Å². The number of hydrogen-bond acceptors (Lipinski definition) is 3. The third kappa shape index (κ3) is 5.36. The van der Waals surface area contributed by atoms with Crippen LogP contribution in [0.2, 0.25) is 0 Å². The summed E-state index contributed by atoms with van der Waals surface area (Å²) in [6.45, 7) is 0. The summed E-state index contributed by atoms with van der Waals surface area (Å²) < 4.78 is 0. The number of hydrogen-bond donors (Lipinski definition) is 1. The number of hydrazine groups is 1. The van der Waals surface area contributed by atoms with Crippen LogP contribution in [0.5, 0.6) is 0 Å². The van der Waals surface area contributed by atoms with E-state index in [9.17, 15) is 0 Å². The molecule has 0 aromatic heterocycles. The van der Waals surface area contributed by atoms with Crippen LogP contribution in [-0.4, -0.2) is 5.71 Å². The molecular weight excluding hydrogens is 510 g/mol. The molecular formula is C39H29N3. The van der Waals surface area contributed by atoms with Crippen molar-refractivity contribution in [3.05, 3.63) is 181 Å². The zero-order chi connectivity index (χ0) is 28.1. The van der Waals surface area contributed by atoms with Crippen LogP contribution in [-0.2, 0) is 0 Å². The lowest BCUT2D eigenvalue weighted by Gasteiger charge is -2.28. The highest BCUT2D eigenvalue weighted by Gasteiger charge is 2.19. The first-order valence-electron chi connectivity index (χ1n) is 14.1. The van der Waals surface area contributed by atoms with Gasteiger partial charge in [-0.1, -0.05) is 140 Å². The zero-order valence-electron chi connectivity index (χ0n) is 23.1. The first kappa shape index (κ1) is 25.3. The zero-order valence-corrected chi connectivity index (χ0v) is 23.1. The standard InChI is InChI=1S/C39H29N3/c1-4-13-29(14-5-1)32-19-10-22-35(25-32)38-28-39(36-23-11-20-33(26-36)30-15-6-2-7-16-30)41-42(40-38)37-24-12-21-34(27-37)31-17-8-3-9-18-31/h1-28,40H. The minimum atomic E-state index is 0.886. The molecule has 3 heteroatoms. The fourth-order valence-electron chi connectivity index (χ4n) is 5.29. The van der Waals surface area contributed by atoms with Gasteiger partial charge >= 0.3 is 0 Å². The molecule has 0 amide bonds. The Labute approximate surface area is 246 Å². The number of anilines is 1. The highest BCUT2D eigenvalue weighted by molar-refractivity contribution is 6.14. The minimum Gasteiger partial charge on any atom is -0.277 e. The predicted octanol–water partition coefficient (Wildman–Crippen LogP) is 9.46. The molecule has 0 saturated carbocycles. The second-order valence-electron chi connectivity index (χ2n) is 10.3. The smallest absolute Gasteiger partial charge is 0.0950 e. The predicted molar refractivity (Wildman–Crippen MR) is 176 cm³/mol. The lowest BCUT2D eigenvalue weighted by molar-refractivity contribution is 0.787. The Bertz CT molecular complexity index is 1890. The van der Waals surface area contributed by atoms with Crippen LogP contribution in [0.15, 0.2) is 175 Å². The van der Waals surface area contributed by atoms with Crippen LogP contribution in [0.1, 0.15) is 11.1 Å². The first-order valence-corrected chi connectivity index (χ1v) is 14.1. The van der Waals surface area contributed by atoms with Crippen molar-refractivity contribution in [3.8, 4) is 33.4 Å². The largest absolute Gasteiger partial charge is 0.277 e. The normalized spacial score (nSPS) is 12.7. The maximum absolute atomic E-state index is 5.11. The molecule has 0 radical (unpaired) electrons. The number of allylic oxidation sites excluding steroid dienone is 1. The molecule has 3 nitrogen and oxygen atoms in total. The van der Waals surface area contributed by atoms with E-state index in [4.69, 9.17) is 5.10 Å². The molecule has 0 saturated heterocycles. The fourth-order valence-corrected chi connectivity index (χ4v) is 5.29. The van der Waals surface area contributed by atoms with E-state index in [1.165, 1.54) is 22.3 Å². The summed E-state index contributed by atoms with van der Waals surface area (Å²) >= 11 is 0. The van der Waals surface area contributed by atoms with Crippen molar-refractivity contribution in [1.29, 1.82) is 0 Å². The second-order valence-corrected chi connectivity index (χ2v) is 10.3. The van der Waals surface area contributed by atoms with Crippen LogP contribution < -0.4 is 10.5 Å². The van der Waals surface area contributed by atoms with Gasteiger partial charge in [0.15, 0.2) is 0 Å². The van der Waals surface area contributed by atoms with Crippen molar-refractivity contribution in [2.75, 3.05) is 5.12 Å². The molecule has 1 aliphatic heterocycles. The molecule has 1 N–H and O–H groups in total. The van der Waals surface area contributed by atoms with Gasteiger partial charge in [-0.05, 0) is 63.7 Å². The maximum atomic E-state index is 5.11. The van der Waals surface area contributed by atoms with E-state index >= 15 is 0 Å². The van der Waals surface area contributed by atoms with E-state index in [0.29, 0.717) is 0 Å². The van der Waals surface area contributed by atoms with E-state index in [0.717, 1.165) is 39.3 Å². The summed E-state index contributed by atoms with van der Waals surface area (Å²) in [5, 5.41) is 7.00. The third-order valence-corrected chi connectivity index (χ3v) is 7.46. The van der Waals surface area contributed by atoms with Gasteiger partial charge in [0.1, 0.15) is 0 Å². The van der Waals surface area contributed by atoms with Crippen LogP contribution in [0.25, 0.3) is 39.1 Å². The number of benzene rings is 6. The SMILES string of the molecule is C1=C(c2cccc(-c3ccccc3)c2)NN(c2cccc(-c3ccccc3)c2)N=C1c1cccc(-c2ccccc2)c1. The van der Waals surface area contributed by atoms with E-state index in [-0.39, 0.29) is 0 Å². The lowest BCUT2D eigenvalue weighted by atomic mass is 9.98. The van der Waals surface area contributed by atoms with Gasteiger partial charge in [-0.3, -0.25) is 5.43 Å². The lowest BCUT2D eigenvalue weighted by Crippen LogP contribution is -2.36. The molecule has 0 bridgehead atoms. The van der Waals surface area contributed by atoms with Crippen molar-refractivity contribution in [3.63, 3.8) is 0 Å².